The van der Waals surface area contributed by atoms with Crippen molar-refractivity contribution in [3.05, 3.63) is 35.5 Å². The number of aromatic nitrogens is 2. The summed E-state index contributed by atoms with van der Waals surface area (Å²) in [6.07, 6.45) is 3.92. The molecular weight excluding hydrogens is 336 g/mol. The van der Waals surface area contributed by atoms with Crippen molar-refractivity contribution in [2.45, 2.75) is 37.2 Å². The summed E-state index contributed by atoms with van der Waals surface area (Å²) in [7, 11) is 3.29. The molecule has 0 amide bonds. The van der Waals surface area contributed by atoms with Gasteiger partial charge in [-0.15, -0.1) is 0 Å². The Hall–Kier alpha value is -2.12. The van der Waals surface area contributed by atoms with E-state index < -0.39 is 0 Å². The number of methoxy groups -OCH3 is 2. The lowest BCUT2D eigenvalue weighted by Crippen LogP contribution is -2.26. The Morgan fingerprint density at radius 2 is 1.88 bits per heavy atom. The van der Waals surface area contributed by atoms with E-state index in [-0.39, 0.29) is 11.5 Å². The second-order valence-electron chi connectivity index (χ2n) is 6.75. The Morgan fingerprint density at radius 3 is 2.58 bits per heavy atom. The summed E-state index contributed by atoms with van der Waals surface area (Å²) in [6.45, 7) is 1.60. The summed E-state index contributed by atoms with van der Waals surface area (Å²) < 4.78 is 27.5. The van der Waals surface area contributed by atoms with E-state index in [1.807, 2.05) is 12.1 Å². The lowest BCUT2D eigenvalue weighted by molar-refractivity contribution is -0.101. The molecule has 2 heterocycles. The fraction of sp³-hybridized carbons (Fsp3) is 0.579. The first kappa shape index (κ1) is 17.3. The first-order valence-electron chi connectivity index (χ1n) is 9.03. The van der Waals surface area contributed by atoms with Crippen LogP contribution < -0.4 is 9.47 Å². The Balaban J connectivity index is 1.70. The lowest BCUT2D eigenvalue weighted by atomic mass is 9.78. The number of hydrogen-bond acceptors (Lipinski definition) is 7. The van der Waals surface area contributed by atoms with E-state index in [1.54, 1.807) is 14.2 Å². The van der Waals surface area contributed by atoms with Gasteiger partial charge < -0.3 is 23.5 Å². The predicted octanol–water partition coefficient (Wildman–Crippen LogP) is 3.03. The third-order valence-corrected chi connectivity index (χ3v) is 5.35. The average Bonchev–Trinajstić information content (AvgIpc) is 3.38. The minimum atomic E-state index is -0.283. The first-order valence-corrected chi connectivity index (χ1v) is 9.03. The Bertz CT molecular complexity index is 748. The van der Waals surface area contributed by atoms with Gasteiger partial charge in [-0.1, -0.05) is 24.1 Å². The molecule has 26 heavy (non-hydrogen) atoms. The van der Waals surface area contributed by atoms with Gasteiger partial charge in [-0.25, -0.2) is 0 Å². The molecule has 0 unspecified atom stereocenters. The second-order valence-corrected chi connectivity index (χ2v) is 6.75. The van der Waals surface area contributed by atoms with Crippen molar-refractivity contribution < 1.29 is 23.5 Å². The van der Waals surface area contributed by atoms with E-state index in [0.29, 0.717) is 43.0 Å². The van der Waals surface area contributed by atoms with Crippen LogP contribution in [-0.2, 0) is 14.9 Å². The van der Waals surface area contributed by atoms with Crippen molar-refractivity contribution in [1.82, 2.24) is 10.1 Å². The van der Waals surface area contributed by atoms with Crippen LogP contribution in [-0.4, -0.2) is 44.2 Å². The second kappa shape index (κ2) is 7.25. The van der Waals surface area contributed by atoms with E-state index in [4.69, 9.17) is 28.5 Å². The van der Waals surface area contributed by atoms with Gasteiger partial charge in [0.25, 0.3) is 5.89 Å². The number of nitrogens with zero attached hydrogens (tertiary/aromatic N) is 2. The zero-order valence-electron chi connectivity index (χ0n) is 15.2. The molecule has 2 aliphatic rings. The van der Waals surface area contributed by atoms with E-state index in [0.717, 1.165) is 31.2 Å². The summed E-state index contributed by atoms with van der Waals surface area (Å²) in [5, 5.41) is 4.33. The van der Waals surface area contributed by atoms with Crippen molar-refractivity contribution >= 4 is 0 Å². The third-order valence-electron chi connectivity index (χ3n) is 5.35. The molecule has 4 rings (SSSR count). The molecule has 1 atom stereocenters. The Morgan fingerprint density at radius 1 is 1.08 bits per heavy atom. The van der Waals surface area contributed by atoms with Crippen LogP contribution >= 0.6 is 0 Å². The maximum Gasteiger partial charge on any atom is 0.258 e. The van der Waals surface area contributed by atoms with Gasteiger partial charge in [0, 0.05) is 0 Å². The van der Waals surface area contributed by atoms with Crippen LogP contribution in [0.25, 0.3) is 0 Å². The molecule has 1 aliphatic heterocycles. The van der Waals surface area contributed by atoms with Crippen molar-refractivity contribution in [3.63, 3.8) is 0 Å². The Labute approximate surface area is 152 Å². The molecule has 0 N–H and O–H groups in total. The highest BCUT2D eigenvalue weighted by Crippen LogP contribution is 2.47. The fourth-order valence-electron chi connectivity index (χ4n) is 3.94. The molecule has 1 aromatic heterocycles. The van der Waals surface area contributed by atoms with E-state index in [1.165, 1.54) is 0 Å². The van der Waals surface area contributed by atoms with Gasteiger partial charge in [-0.3, -0.25) is 0 Å². The summed E-state index contributed by atoms with van der Waals surface area (Å²) in [6, 6.07) is 6.04. The molecule has 0 radical (unpaired) electrons. The highest BCUT2D eigenvalue weighted by molar-refractivity contribution is 5.47. The Kier molecular flexibility index (Phi) is 4.82. The normalized spacial score (nSPS) is 22.3. The smallest absolute Gasteiger partial charge is 0.258 e. The molecule has 1 aromatic carbocycles. The molecule has 1 saturated carbocycles. The molecular formula is C19H24N2O5. The number of hydrogen-bond donors (Lipinski definition) is 0. The van der Waals surface area contributed by atoms with Gasteiger partial charge >= 0.3 is 0 Å². The molecule has 140 valence electrons. The molecule has 1 saturated heterocycles. The molecule has 7 nitrogen and oxygen atoms in total. The molecule has 7 heteroatoms. The van der Waals surface area contributed by atoms with Crippen molar-refractivity contribution in [2.24, 2.45) is 0 Å². The minimum Gasteiger partial charge on any atom is -0.493 e. The molecule has 0 spiro atoms. The first-order chi connectivity index (χ1) is 12.8. The largest absolute Gasteiger partial charge is 0.493 e. The van der Waals surface area contributed by atoms with Crippen molar-refractivity contribution in [3.8, 4) is 11.5 Å². The molecule has 2 aromatic rings. The monoisotopic (exact) mass is 360 g/mol. The summed E-state index contributed by atoms with van der Waals surface area (Å²) in [4.78, 5) is 4.71. The van der Waals surface area contributed by atoms with E-state index in [9.17, 15) is 0 Å². The van der Waals surface area contributed by atoms with Crippen LogP contribution in [0.15, 0.2) is 22.7 Å². The third kappa shape index (κ3) is 2.95. The van der Waals surface area contributed by atoms with Gasteiger partial charge in [0.1, 0.15) is 0 Å². The number of ether oxygens (including phenoxy) is 4. The topological polar surface area (TPSA) is 75.8 Å². The zero-order valence-corrected chi connectivity index (χ0v) is 15.2. The molecule has 0 bridgehead atoms. The summed E-state index contributed by atoms with van der Waals surface area (Å²) in [5.74, 6) is 2.63. The maximum atomic E-state index is 5.69. The predicted molar refractivity (Wildman–Crippen MR) is 92.6 cm³/mol. The van der Waals surface area contributed by atoms with Crippen molar-refractivity contribution in [1.29, 1.82) is 0 Å². The SMILES string of the molecule is COc1ccc(C2(c3noc([C@H]4COCCO4)n3)CCCC2)cc1OC. The lowest BCUT2D eigenvalue weighted by Gasteiger charge is -2.26. The van der Waals surface area contributed by atoms with Crippen LogP contribution in [0.3, 0.4) is 0 Å². The van der Waals surface area contributed by atoms with Gasteiger partial charge in [0.2, 0.25) is 0 Å². The van der Waals surface area contributed by atoms with Crippen molar-refractivity contribution in [2.75, 3.05) is 34.0 Å². The fourth-order valence-corrected chi connectivity index (χ4v) is 3.94. The minimum absolute atomic E-state index is 0.267. The highest BCUT2D eigenvalue weighted by Gasteiger charge is 2.42. The summed E-state index contributed by atoms with van der Waals surface area (Å²) in [5.41, 5.74) is 0.859. The van der Waals surface area contributed by atoms with E-state index >= 15 is 0 Å². The standard InChI is InChI=1S/C19H24N2O5/c1-22-14-6-5-13(11-15(14)23-2)19(7-3-4-8-19)18-20-17(26-21-18)16-12-24-9-10-25-16/h5-6,11,16H,3-4,7-10,12H2,1-2H3/t16-/m1/s1. The maximum absolute atomic E-state index is 5.69. The zero-order chi connectivity index (χ0) is 18.0. The highest BCUT2D eigenvalue weighted by atomic mass is 16.6. The van der Waals surface area contributed by atoms with Gasteiger partial charge in [-0.2, -0.15) is 4.98 Å². The van der Waals surface area contributed by atoms with Gasteiger partial charge in [0.15, 0.2) is 23.4 Å². The summed E-state index contributed by atoms with van der Waals surface area (Å²) >= 11 is 0. The van der Waals surface area contributed by atoms with Crippen LogP contribution in [0.1, 0.15) is 49.1 Å². The molecule has 2 fully saturated rings. The average molecular weight is 360 g/mol. The number of benzene rings is 1. The van der Waals surface area contributed by atoms with Crippen LogP contribution in [0.4, 0.5) is 0 Å². The molecule has 1 aliphatic carbocycles. The van der Waals surface area contributed by atoms with Gasteiger partial charge in [-0.05, 0) is 30.5 Å². The number of rotatable bonds is 5. The quantitative estimate of drug-likeness (QED) is 0.811. The van der Waals surface area contributed by atoms with Gasteiger partial charge in [0.05, 0.1) is 39.5 Å². The van der Waals surface area contributed by atoms with Crippen LogP contribution in [0, 0.1) is 0 Å². The van der Waals surface area contributed by atoms with Crippen LogP contribution in [0.5, 0.6) is 11.5 Å². The van der Waals surface area contributed by atoms with E-state index in [2.05, 4.69) is 11.2 Å². The van der Waals surface area contributed by atoms with Crippen LogP contribution in [0.2, 0.25) is 0 Å².